The maximum Gasteiger partial charge on any atom is 0.254 e. The third-order valence-electron chi connectivity index (χ3n) is 3.61. The molecule has 0 aliphatic heterocycles. The van der Waals surface area contributed by atoms with Crippen LogP contribution in [0.25, 0.3) is 0 Å². The first-order valence-corrected chi connectivity index (χ1v) is 6.60. The number of aryl methyl sites for hydroxylation is 1. The van der Waals surface area contributed by atoms with Gasteiger partial charge >= 0.3 is 0 Å². The molecule has 1 amide bonds. The van der Waals surface area contributed by atoms with E-state index in [9.17, 15) is 4.79 Å². The van der Waals surface area contributed by atoms with Crippen molar-refractivity contribution in [2.45, 2.75) is 26.2 Å². The standard InChI is InChI=1S/C12H18ClN3O/c1-8-11(7-15-16-8)12(17)14-6-10-4-2-3-9(10)5-13/h7,9-10H,2-6H2,1H3,(H,14,17)(H,15,16). The number of aromatic nitrogens is 2. The Morgan fingerprint density at radius 2 is 2.35 bits per heavy atom. The molecular weight excluding hydrogens is 238 g/mol. The highest BCUT2D eigenvalue weighted by atomic mass is 35.5. The Kier molecular flexibility index (Phi) is 4.05. The van der Waals surface area contributed by atoms with Gasteiger partial charge in [-0.15, -0.1) is 11.6 Å². The molecule has 0 saturated heterocycles. The molecule has 1 aromatic heterocycles. The number of carbonyl (C=O) groups excluding carboxylic acids is 1. The number of amides is 1. The first-order chi connectivity index (χ1) is 8.22. The number of aromatic amines is 1. The quantitative estimate of drug-likeness (QED) is 0.810. The molecule has 0 spiro atoms. The average Bonchev–Trinajstić information content (AvgIpc) is 2.94. The van der Waals surface area contributed by atoms with E-state index in [4.69, 9.17) is 11.6 Å². The summed E-state index contributed by atoms with van der Waals surface area (Å²) >= 11 is 5.91. The van der Waals surface area contributed by atoms with Crippen molar-refractivity contribution >= 4 is 17.5 Å². The molecule has 2 N–H and O–H groups in total. The van der Waals surface area contributed by atoms with Crippen molar-refractivity contribution in [3.8, 4) is 0 Å². The van der Waals surface area contributed by atoms with Gasteiger partial charge in [0, 0.05) is 18.1 Å². The lowest BCUT2D eigenvalue weighted by atomic mass is 9.98. The van der Waals surface area contributed by atoms with Crippen molar-refractivity contribution in [1.82, 2.24) is 15.5 Å². The van der Waals surface area contributed by atoms with E-state index in [1.165, 1.54) is 19.3 Å². The Labute approximate surface area is 106 Å². The average molecular weight is 256 g/mol. The zero-order chi connectivity index (χ0) is 12.3. The van der Waals surface area contributed by atoms with Crippen LogP contribution in [0.3, 0.4) is 0 Å². The van der Waals surface area contributed by atoms with Crippen LogP contribution < -0.4 is 5.32 Å². The summed E-state index contributed by atoms with van der Waals surface area (Å²) in [4.78, 5) is 11.9. The van der Waals surface area contributed by atoms with Crippen molar-refractivity contribution in [3.05, 3.63) is 17.5 Å². The number of halogens is 1. The molecule has 4 nitrogen and oxygen atoms in total. The van der Waals surface area contributed by atoms with Gasteiger partial charge in [0.05, 0.1) is 11.8 Å². The number of alkyl halides is 1. The van der Waals surface area contributed by atoms with Crippen LogP contribution in [0, 0.1) is 18.8 Å². The van der Waals surface area contributed by atoms with E-state index in [1.807, 2.05) is 6.92 Å². The zero-order valence-corrected chi connectivity index (χ0v) is 10.8. The van der Waals surface area contributed by atoms with Crippen molar-refractivity contribution < 1.29 is 4.79 Å². The molecular formula is C12H18ClN3O. The normalized spacial score (nSPS) is 23.9. The highest BCUT2D eigenvalue weighted by Gasteiger charge is 2.26. The number of rotatable bonds is 4. The molecule has 1 aliphatic carbocycles. The number of nitrogens with zero attached hydrogens (tertiary/aromatic N) is 1. The van der Waals surface area contributed by atoms with Crippen LogP contribution in [-0.4, -0.2) is 28.5 Å². The van der Waals surface area contributed by atoms with Gasteiger partial charge in [-0.05, 0) is 31.6 Å². The van der Waals surface area contributed by atoms with E-state index >= 15 is 0 Å². The largest absolute Gasteiger partial charge is 0.352 e. The lowest BCUT2D eigenvalue weighted by Gasteiger charge is -2.17. The van der Waals surface area contributed by atoms with Crippen LogP contribution in [0.1, 0.15) is 35.3 Å². The molecule has 17 heavy (non-hydrogen) atoms. The smallest absolute Gasteiger partial charge is 0.254 e. The molecule has 2 rings (SSSR count). The van der Waals surface area contributed by atoms with E-state index in [0.717, 1.165) is 12.2 Å². The van der Waals surface area contributed by atoms with Gasteiger partial charge in [-0.1, -0.05) is 6.42 Å². The summed E-state index contributed by atoms with van der Waals surface area (Å²) in [6.45, 7) is 2.57. The highest BCUT2D eigenvalue weighted by molar-refractivity contribution is 6.18. The number of carbonyl (C=O) groups is 1. The Morgan fingerprint density at radius 1 is 1.59 bits per heavy atom. The summed E-state index contributed by atoms with van der Waals surface area (Å²) in [5.41, 5.74) is 1.44. The first-order valence-electron chi connectivity index (χ1n) is 6.06. The van der Waals surface area contributed by atoms with Gasteiger partial charge in [-0.3, -0.25) is 9.89 Å². The highest BCUT2D eigenvalue weighted by Crippen LogP contribution is 2.31. The summed E-state index contributed by atoms with van der Waals surface area (Å²) < 4.78 is 0. The predicted octanol–water partition coefficient (Wildman–Crippen LogP) is 2.10. The van der Waals surface area contributed by atoms with Gasteiger partial charge in [-0.2, -0.15) is 5.10 Å². The van der Waals surface area contributed by atoms with Gasteiger partial charge < -0.3 is 5.32 Å². The van der Waals surface area contributed by atoms with E-state index in [-0.39, 0.29) is 5.91 Å². The third-order valence-corrected chi connectivity index (χ3v) is 4.01. The fraction of sp³-hybridized carbons (Fsp3) is 0.667. The Balaban J connectivity index is 1.86. The molecule has 1 heterocycles. The van der Waals surface area contributed by atoms with Crippen molar-refractivity contribution in [3.63, 3.8) is 0 Å². The lowest BCUT2D eigenvalue weighted by Crippen LogP contribution is -2.31. The molecule has 2 atom stereocenters. The van der Waals surface area contributed by atoms with Crippen LogP contribution in [0.4, 0.5) is 0 Å². The minimum Gasteiger partial charge on any atom is -0.352 e. The zero-order valence-electron chi connectivity index (χ0n) is 10.0. The van der Waals surface area contributed by atoms with Gasteiger partial charge in [0.25, 0.3) is 5.91 Å². The van der Waals surface area contributed by atoms with Crippen molar-refractivity contribution in [2.24, 2.45) is 11.8 Å². The van der Waals surface area contributed by atoms with Gasteiger partial charge in [0.1, 0.15) is 0 Å². The number of hydrogen-bond donors (Lipinski definition) is 2. The molecule has 1 aromatic rings. The number of hydrogen-bond acceptors (Lipinski definition) is 2. The topological polar surface area (TPSA) is 57.8 Å². The fourth-order valence-corrected chi connectivity index (χ4v) is 2.89. The summed E-state index contributed by atoms with van der Waals surface area (Å²) in [6.07, 6.45) is 5.15. The van der Waals surface area contributed by atoms with Gasteiger partial charge in [-0.25, -0.2) is 0 Å². The molecule has 2 unspecified atom stereocenters. The third kappa shape index (κ3) is 2.80. The maximum atomic E-state index is 11.9. The maximum absolute atomic E-state index is 11.9. The first kappa shape index (κ1) is 12.4. The molecule has 5 heteroatoms. The predicted molar refractivity (Wildman–Crippen MR) is 67.2 cm³/mol. The van der Waals surface area contributed by atoms with Crippen LogP contribution in [0.15, 0.2) is 6.20 Å². The van der Waals surface area contributed by atoms with Crippen LogP contribution in [0.5, 0.6) is 0 Å². The minimum absolute atomic E-state index is 0.0449. The van der Waals surface area contributed by atoms with Gasteiger partial charge in [0.2, 0.25) is 0 Å². The summed E-state index contributed by atoms with van der Waals surface area (Å²) in [7, 11) is 0. The molecule has 1 fully saturated rings. The number of H-pyrrole nitrogens is 1. The minimum atomic E-state index is -0.0449. The molecule has 1 aliphatic rings. The lowest BCUT2D eigenvalue weighted by molar-refractivity contribution is 0.0944. The number of nitrogens with one attached hydrogen (secondary N) is 2. The second-order valence-electron chi connectivity index (χ2n) is 4.72. The monoisotopic (exact) mass is 255 g/mol. The molecule has 1 saturated carbocycles. The van der Waals surface area contributed by atoms with E-state index in [2.05, 4.69) is 15.5 Å². The molecule has 0 radical (unpaired) electrons. The van der Waals surface area contributed by atoms with Crippen LogP contribution in [-0.2, 0) is 0 Å². The van der Waals surface area contributed by atoms with Crippen LogP contribution >= 0.6 is 11.6 Å². The molecule has 0 aromatic carbocycles. The summed E-state index contributed by atoms with van der Waals surface area (Å²) in [5, 5.41) is 9.59. The second-order valence-corrected chi connectivity index (χ2v) is 5.03. The van der Waals surface area contributed by atoms with Crippen molar-refractivity contribution in [1.29, 1.82) is 0 Å². The van der Waals surface area contributed by atoms with E-state index in [0.29, 0.717) is 23.3 Å². The van der Waals surface area contributed by atoms with Gasteiger partial charge in [0.15, 0.2) is 0 Å². The van der Waals surface area contributed by atoms with E-state index < -0.39 is 0 Å². The fourth-order valence-electron chi connectivity index (χ4n) is 2.48. The Bertz CT molecular complexity index is 391. The molecule has 94 valence electrons. The molecule has 0 bridgehead atoms. The van der Waals surface area contributed by atoms with Crippen molar-refractivity contribution in [2.75, 3.05) is 12.4 Å². The SMILES string of the molecule is Cc1[nH]ncc1C(=O)NCC1CCCC1CCl. The Hall–Kier alpha value is -1.03. The summed E-state index contributed by atoms with van der Waals surface area (Å²) in [6, 6.07) is 0. The second kappa shape index (κ2) is 5.54. The van der Waals surface area contributed by atoms with Crippen LogP contribution in [0.2, 0.25) is 0 Å². The Morgan fingerprint density at radius 3 is 3.00 bits per heavy atom. The summed E-state index contributed by atoms with van der Waals surface area (Å²) in [5.74, 6) is 1.74. The van der Waals surface area contributed by atoms with E-state index in [1.54, 1.807) is 6.20 Å².